The quantitative estimate of drug-likeness (QED) is 0.519. The van der Waals surface area contributed by atoms with E-state index in [1.807, 2.05) is 60.4 Å². The highest BCUT2D eigenvalue weighted by atomic mass is 16.5. The maximum absolute atomic E-state index is 13.9. The predicted octanol–water partition coefficient (Wildman–Crippen LogP) is 4.65. The summed E-state index contributed by atoms with van der Waals surface area (Å²) in [6, 6.07) is 19.4. The molecule has 5 rings (SSSR count). The Labute approximate surface area is 206 Å². The van der Waals surface area contributed by atoms with Gasteiger partial charge in [0.2, 0.25) is 11.8 Å². The lowest BCUT2D eigenvalue weighted by atomic mass is 9.73. The average Bonchev–Trinajstić information content (AvgIpc) is 3.40. The summed E-state index contributed by atoms with van der Waals surface area (Å²) in [5, 5.41) is 0. The molecule has 0 aliphatic carbocycles. The number of ether oxygens (including phenoxy) is 3. The maximum atomic E-state index is 13.9. The summed E-state index contributed by atoms with van der Waals surface area (Å²) >= 11 is 0. The summed E-state index contributed by atoms with van der Waals surface area (Å²) in [6.45, 7) is 4.46. The molecule has 0 radical (unpaired) electrons. The molecule has 0 spiro atoms. The van der Waals surface area contributed by atoms with Gasteiger partial charge in [0, 0.05) is 44.0 Å². The first-order valence-corrected chi connectivity index (χ1v) is 12.2. The second kappa shape index (κ2) is 10.0. The number of carbonyl (C=O) groups excluding carboxylic acids is 1. The van der Waals surface area contributed by atoms with Crippen molar-refractivity contribution in [2.24, 2.45) is 0 Å². The van der Waals surface area contributed by atoms with E-state index in [2.05, 4.69) is 12.1 Å². The zero-order valence-corrected chi connectivity index (χ0v) is 20.3. The first-order chi connectivity index (χ1) is 17.1. The van der Waals surface area contributed by atoms with E-state index in [0.29, 0.717) is 50.8 Å². The number of aryl methyl sites for hydroxylation is 1. The zero-order chi connectivity index (χ0) is 24.3. The molecule has 0 N–H and O–H groups in total. The van der Waals surface area contributed by atoms with Crippen LogP contribution in [0.15, 0.2) is 60.7 Å². The zero-order valence-electron chi connectivity index (χ0n) is 20.3. The van der Waals surface area contributed by atoms with E-state index >= 15 is 0 Å². The van der Waals surface area contributed by atoms with Crippen LogP contribution in [0.25, 0.3) is 0 Å². The number of carbonyl (C=O) groups is 1. The summed E-state index contributed by atoms with van der Waals surface area (Å²) in [5.41, 5.74) is 1.40. The van der Waals surface area contributed by atoms with Crippen molar-refractivity contribution >= 4 is 5.91 Å². The van der Waals surface area contributed by atoms with E-state index in [-0.39, 0.29) is 11.8 Å². The maximum Gasteiger partial charge on any atom is 0.233 e. The van der Waals surface area contributed by atoms with Gasteiger partial charge in [0.05, 0.1) is 12.5 Å². The minimum atomic E-state index is -0.523. The number of likely N-dealkylation sites (tertiary alicyclic amines) is 1. The Balaban J connectivity index is 1.33. The molecule has 3 aromatic rings. The molecule has 35 heavy (non-hydrogen) atoms. The molecule has 1 amide bonds. The smallest absolute Gasteiger partial charge is 0.233 e. The Morgan fingerprint density at radius 2 is 1.74 bits per heavy atom. The van der Waals surface area contributed by atoms with Crippen LogP contribution in [0.1, 0.15) is 42.3 Å². The third-order valence-corrected chi connectivity index (χ3v) is 7.05. The molecule has 2 fully saturated rings. The van der Waals surface area contributed by atoms with E-state index in [1.165, 1.54) is 0 Å². The van der Waals surface area contributed by atoms with Crippen LogP contribution in [0.4, 0.5) is 0 Å². The number of benzene rings is 2. The van der Waals surface area contributed by atoms with Crippen LogP contribution in [0, 0.1) is 6.92 Å². The number of nitrogens with zero attached hydrogens (tertiary/aromatic N) is 3. The second-order valence-electron chi connectivity index (χ2n) is 9.28. The number of amides is 1. The predicted molar refractivity (Wildman–Crippen MR) is 132 cm³/mol. The van der Waals surface area contributed by atoms with Gasteiger partial charge in [-0.2, -0.15) is 4.98 Å². The van der Waals surface area contributed by atoms with Gasteiger partial charge in [0.15, 0.2) is 0 Å². The summed E-state index contributed by atoms with van der Waals surface area (Å²) in [6.07, 6.45) is 2.24. The highest BCUT2D eigenvalue weighted by molar-refractivity contribution is 5.88. The first-order valence-electron chi connectivity index (χ1n) is 12.2. The van der Waals surface area contributed by atoms with Crippen molar-refractivity contribution in [2.45, 2.75) is 37.5 Å². The molecule has 7 nitrogen and oxygen atoms in total. The molecule has 2 saturated heterocycles. The van der Waals surface area contributed by atoms with E-state index < -0.39 is 5.41 Å². The minimum absolute atomic E-state index is 0.0738. The van der Waals surface area contributed by atoms with Crippen molar-refractivity contribution in [3.05, 3.63) is 77.7 Å². The van der Waals surface area contributed by atoms with Gasteiger partial charge in [0.25, 0.3) is 0 Å². The number of rotatable bonds is 6. The summed E-state index contributed by atoms with van der Waals surface area (Å²) in [5.74, 6) is 2.95. The lowest BCUT2D eigenvalue weighted by molar-refractivity contribution is -0.140. The van der Waals surface area contributed by atoms with Crippen LogP contribution in [-0.2, 0) is 14.9 Å². The fourth-order valence-corrected chi connectivity index (χ4v) is 5.12. The highest BCUT2D eigenvalue weighted by Crippen LogP contribution is 2.39. The van der Waals surface area contributed by atoms with Crippen molar-refractivity contribution in [1.29, 1.82) is 0 Å². The Kier molecular flexibility index (Phi) is 6.68. The standard InChI is InChI=1S/C28H31N3O4/c1-20-18-25(35-24-10-8-23(33-2)9-11-24)30-26(29-20)21-12-15-31(19-21)27(32)28(13-16-34-17-14-28)22-6-4-3-5-7-22/h3-11,18,21H,12-17,19H2,1-2H3/t21-/m1/s1. The monoisotopic (exact) mass is 473 g/mol. The molecular formula is C28H31N3O4. The highest BCUT2D eigenvalue weighted by Gasteiger charge is 2.45. The average molecular weight is 474 g/mol. The molecule has 2 aliphatic rings. The lowest BCUT2D eigenvalue weighted by Gasteiger charge is -2.39. The van der Waals surface area contributed by atoms with Crippen molar-refractivity contribution in [1.82, 2.24) is 14.9 Å². The van der Waals surface area contributed by atoms with Gasteiger partial charge in [-0.25, -0.2) is 4.98 Å². The van der Waals surface area contributed by atoms with E-state index in [1.54, 1.807) is 7.11 Å². The lowest BCUT2D eigenvalue weighted by Crippen LogP contribution is -2.49. The molecule has 7 heteroatoms. The molecule has 3 heterocycles. The van der Waals surface area contributed by atoms with Crippen molar-refractivity contribution < 1.29 is 19.0 Å². The largest absolute Gasteiger partial charge is 0.497 e. The van der Waals surface area contributed by atoms with Gasteiger partial charge in [-0.15, -0.1) is 0 Å². The summed E-state index contributed by atoms with van der Waals surface area (Å²) < 4.78 is 16.8. The van der Waals surface area contributed by atoms with Crippen LogP contribution >= 0.6 is 0 Å². The van der Waals surface area contributed by atoms with Crippen molar-refractivity contribution in [2.75, 3.05) is 33.4 Å². The van der Waals surface area contributed by atoms with E-state index in [9.17, 15) is 4.79 Å². The molecule has 2 aromatic carbocycles. The Bertz CT molecular complexity index is 1160. The van der Waals surface area contributed by atoms with Gasteiger partial charge in [0.1, 0.15) is 17.3 Å². The van der Waals surface area contributed by atoms with Gasteiger partial charge in [-0.05, 0) is 56.0 Å². The number of hydrogen-bond donors (Lipinski definition) is 0. The molecule has 1 aromatic heterocycles. The van der Waals surface area contributed by atoms with Crippen LogP contribution in [0.2, 0.25) is 0 Å². The Hall–Kier alpha value is -3.45. The molecule has 1 atom stereocenters. The second-order valence-corrected chi connectivity index (χ2v) is 9.28. The fraction of sp³-hybridized carbons (Fsp3) is 0.393. The molecular weight excluding hydrogens is 442 g/mol. The first kappa shape index (κ1) is 23.3. The van der Waals surface area contributed by atoms with Crippen molar-refractivity contribution in [3.63, 3.8) is 0 Å². The van der Waals surface area contributed by atoms with Gasteiger partial charge >= 0.3 is 0 Å². The van der Waals surface area contributed by atoms with E-state index in [4.69, 9.17) is 24.2 Å². The van der Waals surface area contributed by atoms with Crippen LogP contribution < -0.4 is 9.47 Å². The Morgan fingerprint density at radius 3 is 2.46 bits per heavy atom. The van der Waals surface area contributed by atoms with Gasteiger partial charge in [-0.1, -0.05) is 30.3 Å². The number of aromatic nitrogens is 2. The van der Waals surface area contributed by atoms with Gasteiger partial charge in [-0.3, -0.25) is 4.79 Å². The van der Waals surface area contributed by atoms with Crippen molar-refractivity contribution in [3.8, 4) is 17.4 Å². The molecule has 0 unspecified atom stereocenters. The summed E-state index contributed by atoms with van der Waals surface area (Å²) in [7, 11) is 1.63. The summed E-state index contributed by atoms with van der Waals surface area (Å²) in [4.78, 5) is 25.3. The van der Waals surface area contributed by atoms with Gasteiger partial charge < -0.3 is 19.1 Å². The van der Waals surface area contributed by atoms with Crippen LogP contribution in [-0.4, -0.2) is 54.2 Å². The Morgan fingerprint density at radius 1 is 1.03 bits per heavy atom. The molecule has 0 saturated carbocycles. The van der Waals surface area contributed by atoms with Crippen LogP contribution in [0.3, 0.4) is 0 Å². The molecule has 0 bridgehead atoms. The topological polar surface area (TPSA) is 73.8 Å². The fourth-order valence-electron chi connectivity index (χ4n) is 5.12. The number of methoxy groups -OCH3 is 1. The normalized spacial score (nSPS) is 19.4. The third-order valence-electron chi connectivity index (χ3n) is 7.05. The van der Waals surface area contributed by atoms with E-state index in [0.717, 1.165) is 29.3 Å². The minimum Gasteiger partial charge on any atom is -0.497 e. The third kappa shape index (κ3) is 4.86. The SMILES string of the molecule is COc1ccc(Oc2cc(C)nc([C@@H]3CCN(C(=O)C4(c5ccccc5)CCOCC4)C3)n2)cc1. The molecule has 182 valence electrons. The molecule has 2 aliphatic heterocycles. The van der Waals surface area contributed by atoms with Crippen LogP contribution in [0.5, 0.6) is 17.4 Å². The number of hydrogen-bond acceptors (Lipinski definition) is 6.